The van der Waals surface area contributed by atoms with Crippen LogP contribution in [0, 0.1) is 0 Å². The maximum Gasteiger partial charge on any atom is 0.241 e. The predicted molar refractivity (Wildman–Crippen MR) is 135 cm³/mol. The summed E-state index contributed by atoms with van der Waals surface area (Å²) in [4.78, 5) is 17.7. The first-order valence-corrected chi connectivity index (χ1v) is 11.5. The van der Waals surface area contributed by atoms with Crippen LogP contribution in [0.15, 0.2) is 65.1 Å². The summed E-state index contributed by atoms with van der Waals surface area (Å²) in [7, 11) is 3.30. The number of methoxy groups -OCH3 is 2. The zero-order valence-corrected chi connectivity index (χ0v) is 19.7. The summed E-state index contributed by atoms with van der Waals surface area (Å²) in [5, 5.41) is 5.04. The molecule has 176 valence electrons. The Kier molecular flexibility index (Phi) is 6.02. The van der Waals surface area contributed by atoms with Crippen molar-refractivity contribution >= 4 is 39.2 Å². The van der Waals surface area contributed by atoms with Gasteiger partial charge in [-0.15, -0.1) is 0 Å². The van der Waals surface area contributed by atoms with Gasteiger partial charge in [0.25, 0.3) is 0 Å². The normalized spacial score (nSPS) is 15.4. The van der Waals surface area contributed by atoms with Crippen molar-refractivity contribution in [2.75, 3.05) is 50.6 Å². The number of rotatable bonds is 6. The van der Waals surface area contributed by atoms with Gasteiger partial charge < -0.3 is 24.1 Å². The van der Waals surface area contributed by atoms with Crippen molar-refractivity contribution in [1.82, 2.24) is 4.90 Å². The molecule has 5 rings (SSSR count). The van der Waals surface area contributed by atoms with Gasteiger partial charge in [-0.3, -0.25) is 9.69 Å². The first-order valence-electron chi connectivity index (χ1n) is 11.5. The van der Waals surface area contributed by atoms with Crippen LogP contribution in [0.3, 0.4) is 0 Å². The molecule has 0 spiro atoms. The van der Waals surface area contributed by atoms with E-state index in [9.17, 15) is 4.79 Å². The average Bonchev–Trinajstić information content (AvgIpc) is 3.25. The van der Waals surface area contributed by atoms with Crippen molar-refractivity contribution in [3.63, 3.8) is 0 Å². The lowest BCUT2D eigenvalue weighted by molar-refractivity contribution is -0.120. The SMILES string of the molecule is COc1cc2c(cc1NC(=O)C(C)N1CCN(c3ccccc3OC)CC1)oc1ccccc12. The van der Waals surface area contributed by atoms with Gasteiger partial charge in [0.1, 0.15) is 22.7 Å². The fourth-order valence-electron chi connectivity index (χ4n) is 4.66. The van der Waals surface area contributed by atoms with E-state index in [-0.39, 0.29) is 11.9 Å². The minimum absolute atomic E-state index is 0.0699. The topological polar surface area (TPSA) is 67.2 Å². The molecule has 1 N–H and O–H groups in total. The number of hydrogen-bond acceptors (Lipinski definition) is 6. The van der Waals surface area contributed by atoms with E-state index >= 15 is 0 Å². The fraction of sp³-hybridized carbons (Fsp3) is 0.296. The van der Waals surface area contributed by atoms with Gasteiger partial charge >= 0.3 is 0 Å². The molecule has 7 nitrogen and oxygen atoms in total. The second-order valence-electron chi connectivity index (χ2n) is 8.51. The molecule has 4 aromatic rings. The van der Waals surface area contributed by atoms with Gasteiger partial charge in [-0.2, -0.15) is 0 Å². The standard InChI is InChI=1S/C27H29N3O4/c1-18(29-12-14-30(15-13-29)22-9-5-7-11-24(22)32-2)27(31)28-21-17-25-20(16-26(21)33-3)19-8-4-6-10-23(19)34-25/h4-11,16-18H,12-15H2,1-3H3,(H,28,31). The summed E-state index contributed by atoms with van der Waals surface area (Å²) in [5.41, 5.74) is 3.23. The summed E-state index contributed by atoms with van der Waals surface area (Å²) in [6.45, 7) is 5.16. The highest BCUT2D eigenvalue weighted by molar-refractivity contribution is 6.08. The highest BCUT2D eigenvalue weighted by Gasteiger charge is 2.27. The number of furan rings is 1. The van der Waals surface area contributed by atoms with Gasteiger partial charge in [-0.25, -0.2) is 0 Å². The number of ether oxygens (including phenoxy) is 2. The highest BCUT2D eigenvalue weighted by atomic mass is 16.5. The van der Waals surface area contributed by atoms with Crippen LogP contribution in [0.5, 0.6) is 11.5 Å². The molecule has 1 fully saturated rings. The number of para-hydroxylation sites is 3. The Balaban J connectivity index is 1.29. The Morgan fingerprint density at radius 1 is 0.882 bits per heavy atom. The first kappa shape index (κ1) is 22.1. The Bertz CT molecular complexity index is 1320. The number of anilines is 2. The Labute approximate surface area is 198 Å². The average molecular weight is 460 g/mol. The zero-order chi connectivity index (χ0) is 23.7. The van der Waals surface area contributed by atoms with Crippen molar-refractivity contribution in [1.29, 1.82) is 0 Å². The van der Waals surface area contributed by atoms with Crippen LogP contribution in [0.25, 0.3) is 21.9 Å². The van der Waals surface area contributed by atoms with Gasteiger partial charge in [0.15, 0.2) is 0 Å². The van der Waals surface area contributed by atoms with Gasteiger partial charge in [-0.1, -0.05) is 30.3 Å². The van der Waals surface area contributed by atoms with Crippen LogP contribution in [-0.2, 0) is 4.79 Å². The van der Waals surface area contributed by atoms with Gasteiger partial charge in [0.2, 0.25) is 5.91 Å². The number of piperazine rings is 1. The molecule has 0 aliphatic carbocycles. The molecular weight excluding hydrogens is 430 g/mol. The van der Waals surface area contributed by atoms with Crippen molar-refractivity contribution in [2.45, 2.75) is 13.0 Å². The molecule has 1 unspecified atom stereocenters. The van der Waals surface area contributed by atoms with Gasteiger partial charge in [0, 0.05) is 43.0 Å². The lowest BCUT2D eigenvalue weighted by Crippen LogP contribution is -2.52. The number of nitrogens with zero attached hydrogens (tertiary/aromatic N) is 2. The molecule has 3 aromatic carbocycles. The number of benzene rings is 3. The molecule has 2 heterocycles. The third-order valence-electron chi connectivity index (χ3n) is 6.62. The highest BCUT2D eigenvalue weighted by Crippen LogP contribution is 2.36. The molecule has 1 amide bonds. The molecule has 0 radical (unpaired) electrons. The minimum atomic E-state index is -0.282. The number of carbonyl (C=O) groups excluding carboxylic acids is 1. The first-order chi connectivity index (χ1) is 16.6. The number of fused-ring (bicyclic) bond motifs is 3. The summed E-state index contributed by atoms with van der Waals surface area (Å²) in [6.07, 6.45) is 0. The number of nitrogens with one attached hydrogen (secondary N) is 1. The van der Waals surface area contributed by atoms with E-state index in [0.29, 0.717) is 11.4 Å². The zero-order valence-electron chi connectivity index (χ0n) is 19.7. The molecule has 34 heavy (non-hydrogen) atoms. The molecule has 1 aliphatic rings. The summed E-state index contributed by atoms with van der Waals surface area (Å²) in [5.74, 6) is 1.41. The summed E-state index contributed by atoms with van der Waals surface area (Å²) < 4.78 is 17.1. The second-order valence-corrected chi connectivity index (χ2v) is 8.51. The van der Waals surface area contributed by atoms with E-state index in [1.165, 1.54) is 0 Å². The van der Waals surface area contributed by atoms with Crippen molar-refractivity contribution in [3.05, 3.63) is 60.7 Å². The van der Waals surface area contributed by atoms with Crippen LogP contribution in [0.4, 0.5) is 11.4 Å². The fourth-order valence-corrected chi connectivity index (χ4v) is 4.66. The van der Waals surface area contributed by atoms with Crippen LogP contribution in [0.1, 0.15) is 6.92 Å². The molecule has 1 aliphatic heterocycles. The number of amides is 1. The molecule has 0 saturated carbocycles. The Morgan fingerprint density at radius 2 is 1.59 bits per heavy atom. The molecule has 1 aromatic heterocycles. The molecular formula is C27H29N3O4. The summed E-state index contributed by atoms with van der Waals surface area (Å²) in [6, 6.07) is 19.4. The van der Waals surface area contributed by atoms with Crippen LogP contribution < -0.4 is 19.7 Å². The number of carbonyl (C=O) groups is 1. The Hall–Kier alpha value is -3.71. The van der Waals surface area contributed by atoms with E-state index in [2.05, 4.69) is 21.2 Å². The Morgan fingerprint density at radius 3 is 2.35 bits per heavy atom. The van der Waals surface area contributed by atoms with E-state index in [1.807, 2.05) is 61.5 Å². The van der Waals surface area contributed by atoms with Crippen molar-refractivity contribution in [3.8, 4) is 11.5 Å². The molecule has 1 atom stereocenters. The van der Waals surface area contributed by atoms with Crippen LogP contribution in [-0.4, -0.2) is 57.2 Å². The van der Waals surface area contributed by atoms with E-state index in [1.54, 1.807) is 14.2 Å². The van der Waals surface area contributed by atoms with Crippen molar-refractivity contribution < 1.29 is 18.7 Å². The lowest BCUT2D eigenvalue weighted by Gasteiger charge is -2.38. The van der Waals surface area contributed by atoms with Gasteiger partial charge in [0.05, 0.1) is 31.6 Å². The maximum absolute atomic E-state index is 13.2. The summed E-state index contributed by atoms with van der Waals surface area (Å²) >= 11 is 0. The van der Waals surface area contributed by atoms with E-state index in [4.69, 9.17) is 13.9 Å². The second kappa shape index (κ2) is 9.27. The van der Waals surface area contributed by atoms with E-state index < -0.39 is 0 Å². The monoisotopic (exact) mass is 459 g/mol. The van der Waals surface area contributed by atoms with Crippen LogP contribution >= 0.6 is 0 Å². The maximum atomic E-state index is 13.2. The molecule has 1 saturated heterocycles. The molecule has 0 bridgehead atoms. The smallest absolute Gasteiger partial charge is 0.241 e. The van der Waals surface area contributed by atoms with Crippen LogP contribution in [0.2, 0.25) is 0 Å². The van der Waals surface area contributed by atoms with Gasteiger partial charge in [-0.05, 0) is 31.2 Å². The van der Waals surface area contributed by atoms with E-state index in [0.717, 1.165) is 59.6 Å². The lowest BCUT2D eigenvalue weighted by atomic mass is 10.1. The predicted octanol–water partition coefficient (Wildman–Crippen LogP) is 4.75. The quantitative estimate of drug-likeness (QED) is 0.449. The minimum Gasteiger partial charge on any atom is -0.495 e. The van der Waals surface area contributed by atoms with Crippen molar-refractivity contribution in [2.24, 2.45) is 0 Å². The number of hydrogen-bond donors (Lipinski definition) is 1. The third kappa shape index (κ3) is 4.03. The third-order valence-corrected chi connectivity index (χ3v) is 6.62. The largest absolute Gasteiger partial charge is 0.495 e. The molecule has 7 heteroatoms.